The Bertz CT molecular complexity index is 474. The third-order valence-electron chi connectivity index (χ3n) is 4.66. The number of benzene rings is 1. The molecule has 0 amide bonds. The van der Waals surface area contributed by atoms with Gasteiger partial charge in [0.05, 0.1) is 6.61 Å². The van der Waals surface area contributed by atoms with Crippen LogP contribution in [0.4, 0.5) is 0 Å². The van der Waals surface area contributed by atoms with Gasteiger partial charge < -0.3 is 10.1 Å². The van der Waals surface area contributed by atoms with Gasteiger partial charge in [0.15, 0.2) is 0 Å². The topological polar surface area (TPSA) is 21.3 Å². The molecule has 20 heavy (non-hydrogen) atoms. The molecule has 110 valence electrons. The van der Waals surface area contributed by atoms with Crippen LogP contribution in [0.2, 0.25) is 0 Å². The monoisotopic (exact) mass is 337 g/mol. The number of hydrogen-bond donors (Lipinski definition) is 1. The lowest BCUT2D eigenvalue weighted by atomic mass is 10.0. The lowest BCUT2D eigenvalue weighted by Crippen LogP contribution is -2.28. The van der Waals surface area contributed by atoms with E-state index < -0.39 is 0 Å². The van der Waals surface area contributed by atoms with E-state index >= 15 is 0 Å². The Labute approximate surface area is 130 Å². The van der Waals surface area contributed by atoms with Crippen LogP contribution in [0.1, 0.15) is 50.2 Å². The fraction of sp³-hybridized carbons (Fsp3) is 0.647. The van der Waals surface area contributed by atoms with E-state index in [0.717, 1.165) is 31.2 Å². The van der Waals surface area contributed by atoms with Gasteiger partial charge in [-0.3, -0.25) is 0 Å². The maximum Gasteiger partial charge on any atom is 0.127 e. The highest BCUT2D eigenvalue weighted by atomic mass is 79.9. The first-order chi connectivity index (χ1) is 9.72. The van der Waals surface area contributed by atoms with Crippen molar-refractivity contribution in [1.29, 1.82) is 0 Å². The van der Waals surface area contributed by atoms with Crippen molar-refractivity contribution >= 4 is 15.9 Å². The molecule has 1 heterocycles. The minimum absolute atomic E-state index is 0.677. The molecule has 1 aliphatic carbocycles. The SMILES string of the molecule is CC1CCCC(NCc2cc(Br)cc3c2OCC3)CC1. The fourth-order valence-corrected chi connectivity index (χ4v) is 3.98. The van der Waals surface area contributed by atoms with Crippen LogP contribution in [0.5, 0.6) is 5.75 Å². The highest BCUT2D eigenvalue weighted by Crippen LogP contribution is 2.33. The maximum atomic E-state index is 5.81. The molecule has 1 aliphatic heterocycles. The number of rotatable bonds is 3. The van der Waals surface area contributed by atoms with Crippen LogP contribution >= 0.6 is 15.9 Å². The quantitative estimate of drug-likeness (QED) is 0.823. The van der Waals surface area contributed by atoms with E-state index in [1.165, 1.54) is 47.7 Å². The summed E-state index contributed by atoms with van der Waals surface area (Å²) in [5.74, 6) is 2.03. The Kier molecular flexibility index (Phi) is 4.67. The zero-order valence-corrected chi connectivity index (χ0v) is 13.8. The summed E-state index contributed by atoms with van der Waals surface area (Å²) in [5, 5.41) is 3.75. The van der Waals surface area contributed by atoms with E-state index in [2.05, 4.69) is 40.3 Å². The molecular formula is C17H24BrNO. The van der Waals surface area contributed by atoms with Crippen molar-refractivity contribution in [3.05, 3.63) is 27.7 Å². The molecule has 1 aromatic rings. The summed E-state index contributed by atoms with van der Waals surface area (Å²) in [6.07, 6.45) is 7.81. The van der Waals surface area contributed by atoms with Gasteiger partial charge in [0, 0.05) is 29.0 Å². The molecule has 2 nitrogen and oxygen atoms in total. The van der Waals surface area contributed by atoms with Gasteiger partial charge in [-0.1, -0.05) is 35.7 Å². The van der Waals surface area contributed by atoms with E-state index in [4.69, 9.17) is 4.74 Å². The minimum Gasteiger partial charge on any atom is -0.493 e. The largest absolute Gasteiger partial charge is 0.493 e. The summed E-state index contributed by atoms with van der Waals surface area (Å²) in [4.78, 5) is 0. The highest BCUT2D eigenvalue weighted by Gasteiger charge is 2.19. The van der Waals surface area contributed by atoms with Crippen molar-refractivity contribution in [3.63, 3.8) is 0 Å². The Hall–Kier alpha value is -0.540. The first-order valence-corrected chi connectivity index (χ1v) is 8.69. The Balaban J connectivity index is 1.64. The second-order valence-corrected chi connectivity index (χ2v) is 7.26. The molecule has 0 aromatic heterocycles. The Morgan fingerprint density at radius 2 is 2.15 bits per heavy atom. The molecule has 2 unspecified atom stereocenters. The summed E-state index contributed by atoms with van der Waals surface area (Å²) in [6, 6.07) is 5.08. The first-order valence-electron chi connectivity index (χ1n) is 7.90. The first kappa shape index (κ1) is 14.4. The molecule has 2 atom stereocenters. The summed E-state index contributed by atoms with van der Waals surface area (Å²) < 4.78 is 6.98. The molecule has 0 bridgehead atoms. The van der Waals surface area contributed by atoms with Gasteiger partial charge in [-0.05, 0) is 42.9 Å². The van der Waals surface area contributed by atoms with Crippen LogP contribution in [0, 0.1) is 5.92 Å². The van der Waals surface area contributed by atoms with E-state index in [-0.39, 0.29) is 0 Å². The molecule has 0 radical (unpaired) electrons. The molecule has 3 heteroatoms. The summed E-state index contributed by atoms with van der Waals surface area (Å²) >= 11 is 3.62. The van der Waals surface area contributed by atoms with Crippen molar-refractivity contribution in [2.75, 3.05) is 6.61 Å². The molecule has 1 saturated carbocycles. The lowest BCUT2D eigenvalue weighted by Gasteiger charge is -2.18. The minimum atomic E-state index is 0.677. The molecule has 1 N–H and O–H groups in total. The summed E-state index contributed by atoms with van der Waals surface area (Å²) in [5.41, 5.74) is 2.66. The number of fused-ring (bicyclic) bond motifs is 1. The van der Waals surface area contributed by atoms with E-state index in [1.807, 2.05) is 0 Å². The Morgan fingerprint density at radius 3 is 3.05 bits per heavy atom. The predicted molar refractivity (Wildman–Crippen MR) is 86.2 cm³/mol. The van der Waals surface area contributed by atoms with Crippen LogP contribution in [0.15, 0.2) is 16.6 Å². The van der Waals surface area contributed by atoms with Crippen molar-refractivity contribution < 1.29 is 4.74 Å². The molecule has 1 fully saturated rings. The predicted octanol–water partition coefficient (Wildman–Crippen LogP) is 4.44. The smallest absolute Gasteiger partial charge is 0.127 e. The lowest BCUT2D eigenvalue weighted by molar-refractivity contribution is 0.350. The molecule has 0 saturated heterocycles. The van der Waals surface area contributed by atoms with Gasteiger partial charge in [0.2, 0.25) is 0 Å². The molecular weight excluding hydrogens is 314 g/mol. The third kappa shape index (κ3) is 3.37. The zero-order chi connectivity index (χ0) is 13.9. The van der Waals surface area contributed by atoms with Crippen LogP contribution in [0.25, 0.3) is 0 Å². The van der Waals surface area contributed by atoms with Crippen LogP contribution < -0.4 is 10.1 Å². The van der Waals surface area contributed by atoms with Crippen molar-refractivity contribution in [2.24, 2.45) is 5.92 Å². The van der Waals surface area contributed by atoms with Crippen molar-refractivity contribution in [3.8, 4) is 5.75 Å². The Morgan fingerprint density at radius 1 is 1.25 bits per heavy atom. The fourth-order valence-electron chi connectivity index (χ4n) is 3.42. The van der Waals surface area contributed by atoms with Crippen LogP contribution in [0.3, 0.4) is 0 Å². The van der Waals surface area contributed by atoms with Gasteiger partial charge >= 0.3 is 0 Å². The number of ether oxygens (including phenoxy) is 1. The van der Waals surface area contributed by atoms with Crippen LogP contribution in [-0.4, -0.2) is 12.6 Å². The number of hydrogen-bond acceptors (Lipinski definition) is 2. The van der Waals surface area contributed by atoms with Gasteiger partial charge in [-0.2, -0.15) is 0 Å². The van der Waals surface area contributed by atoms with Crippen molar-refractivity contribution in [1.82, 2.24) is 5.32 Å². The molecule has 0 spiro atoms. The molecule has 2 aliphatic rings. The van der Waals surface area contributed by atoms with Crippen molar-refractivity contribution in [2.45, 2.75) is 58.0 Å². The molecule has 3 rings (SSSR count). The maximum absolute atomic E-state index is 5.81. The number of nitrogens with one attached hydrogen (secondary N) is 1. The third-order valence-corrected chi connectivity index (χ3v) is 5.12. The normalized spacial score (nSPS) is 25.9. The second kappa shape index (κ2) is 6.48. The zero-order valence-electron chi connectivity index (χ0n) is 12.3. The summed E-state index contributed by atoms with van der Waals surface area (Å²) in [7, 11) is 0. The average molecular weight is 338 g/mol. The second-order valence-electron chi connectivity index (χ2n) is 6.34. The van der Waals surface area contributed by atoms with E-state index in [9.17, 15) is 0 Å². The standard InChI is InChI=1S/C17H24BrNO/c1-12-3-2-4-16(6-5-12)19-11-14-10-15(18)9-13-7-8-20-17(13)14/h9-10,12,16,19H,2-8,11H2,1H3. The van der Waals surface area contributed by atoms with Gasteiger partial charge in [-0.25, -0.2) is 0 Å². The van der Waals surface area contributed by atoms with Crippen LogP contribution in [-0.2, 0) is 13.0 Å². The molecule has 1 aromatic carbocycles. The summed E-state index contributed by atoms with van der Waals surface area (Å²) in [6.45, 7) is 4.15. The van der Waals surface area contributed by atoms with Gasteiger partial charge in [0.1, 0.15) is 5.75 Å². The highest BCUT2D eigenvalue weighted by molar-refractivity contribution is 9.10. The van der Waals surface area contributed by atoms with E-state index in [1.54, 1.807) is 0 Å². The number of halogens is 1. The van der Waals surface area contributed by atoms with E-state index in [0.29, 0.717) is 6.04 Å². The van der Waals surface area contributed by atoms with Gasteiger partial charge in [-0.15, -0.1) is 0 Å². The average Bonchev–Trinajstić information content (AvgIpc) is 2.79. The van der Waals surface area contributed by atoms with Gasteiger partial charge in [0.25, 0.3) is 0 Å².